The maximum absolute atomic E-state index is 12.5. The number of benzene rings is 1. The number of carbonyl (C=O) groups is 1. The van der Waals surface area contributed by atoms with Crippen LogP contribution in [0.1, 0.15) is 42.6 Å². The summed E-state index contributed by atoms with van der Waals surface area (Å²) in [5, 5.41) is 18.1. The fourth-order valence-electron chi connectivity index (χ4n) is 3.08. The summed E-state index contributed by atoms with van der Waals surface area (Å²) in [7, 11) is 1.73. The van der Waals surface area contributed by atoms with Gasteiger partial charge >= 0.3 is 0 Å². The van der Waals surface area contributed by atoms with Crippen LogP contribution in [0.5, 0.6) is 0 Å². The second-order valence-electron chi connectivity index (χ2n) is 6.15. The van der Waals surface area contributed by atoms with Gasteiger partial charge in [0.15, 0.2) is 0 Å². The summed E-state index contributed by atoms with van der Waals surface area (Å²) >= 11 is 0. The third-order valence-corrected chi connectivity index (χ3v) is 4.43. The number of aromatic nitrogens is 2. The Labute approximate surface area is 139 Å². The number of non-ortho nitro benzene ring substituents is 1. The molecule has 1 amide bonds. The van der Waals surface area contributed by atoms with Crippen molar-refractivity contribution in [1.82, 2.24) is 15.1 Å². The Kier molecular flexibility index (Phi) is 4.59. The second kappa shape index (κ2) is 6.82. The number of amides is 1. The number of nitrogens with one attached hydrogen (secondary N) is 1. The van der Waals surface area contributed by atoms with E-state index >= 15 is 0 Å². The average Bonchev–Trinajstić information content (AvgIpc) is 2.98. The molecule has 0 atom stereocenters. The lowest BCUT2D eigenvalue weighted by atomic mass is 9.95. The molecule has 1 N–H and O–H groups in total. The molecule has 1 fully saturated rings. The van der Waals surface area contributed by atoms with E-state index < -0.39 is 4.92 Å². The minimum absolute atomic E-state index is 0.0324. The molecular formula is C17H20N4O3. The zero-order chi connectivity index (χ0) is 17.1. The summed E-state index contributed by atoms with van der Waals surface area (Å²) in [6.45, 7) is 0. The van der Waals surface area contributed by atoms with E-state index in [0.29, 0.717) is 11.4 Å². The highest BCUT2D eigenvalue weighted by Gasteiger charge is 2.20. The van der Waals surface area contributed by atoms with Gasteiger partial charge in [0, 0.05) is 30.8 Å². The molecule has 0 radical (unpaired) electrons. The summed E-state index contributed by atoms with van der Waals surface area (Å²) in [6, 6.07) is 8.12. The molecule has 1 aromatic carbocycles. The highest BCUT2D eigenvalue weighted by Crippen LogP contribution is 2.23. The van der Waals surface area contributed by atoms with E-state index in [-0.39, 0.29) is 17.6 Å². The summed E-state index contributed by atoms with van der Waals surface area (Å²) in [4.78, 5) is 22.7. The molecule has 1 aliphatic carbocycles. The lowest BCUT2D eigenvalue weighted by Gasteiger charge is -2.22. The minimum Gasteiger partial charge on any atom is -0.348 e. The van der Waals surface area contributed by atoms with E-state index in [9.17, 15) is 14.9 Å². The first kappa shape index (κ1) is 16.2. The maximum atomic E-state index is 12.5. The zero-order valence-corrected chi connectivity index (χ0v) is 13.6. The number of hydrogen-bond donors (Lipinski definition) is 1. The lowest BCUT2D eigenvalue weighted by molar-refractivity contribution is -0.384. The van der Waals surface area contributed by atoms with Crippen molar-refractivity contribution in [2.75, 3.05) is 0 Å². The first-order chi connectivity index (χ1) is 11.5. The van der Waals surface area contributed by atoms with Crippen molar-refractivity contribution in [3.63, 3.8) is 0 Å². The topological polar surface area (TPSA) is 90.1 Å². The third kappa shape index (κ3) is 3.45. The van der Waals surface area contributed by atoms with Crippen LogP contribution >= 0.6 is 0 Å². The van der Waals surface area contributed by atoms with E-state index in [4.69, 9.17) is 0 Å². The Morgan fingerprint density at radius 3 is 2.54 bits per heavy atom. The summed E-state index contributed by atoms with van der Waals surface area (Å²) in [5.74, 6) is -0.120. The number of carbonyl (C=O) groups excluding carboxylic acids is 1. The van der Waals surface area contributed by atoms with E-state index in [1.165, 1.54) is 18.6 Å². The van der Waals surface area contributed by atoms with Gasteiger partial charge in [0.1, 0.15) is 5.69 Å². The van der Waals surface area contributed by atoms with Crippen molar-refractivity contribution in [2.24, 2.45) is 7.05 Å². The van der Waals surface area contributed by atoms with Crippen LogP contribution in [-0.2, 0) is 7.05 Å². The smallest absolute Gasteiger partial charge is 0.269 e. The Hall–Kier alpha value is -2.70. The first-order valence-corrected chi connectivity index (χ1v) is 8.14. The maximum Gasteiger partial charge on any atom is 0.269 e. The molecule has 0 bridgehead atoms. The van der Waals surface area contributed by atoms with Gasteiger partial charge in [-0.1, -0.05) is 19.3 Å². The van der Waals surface area contributed by atoms with Crippen LogP contribution in [0.15, 0.2) is 30.3 Å². The molecule has 24 heavy (non-hydrogen) atoms. The SMILES string of the molecule is Cn1nc(-c2ccc([N+](=O)[O-])cc2)cc1C(=O)NC1CCCCC1. The molecule has 0 unspecified atom stereocenters. The van der Waals surface area contributed by atoms with Crippen molar-refractivity contribution in [3.8, 4) is 11.3 Å². The number of aryl methyl sites for hydroxylation is 1. The van der Waals surface area contributed by atoms with Gasteiger partial charge < -0.3 is 5.32 Å². The predicted molar refractivity (Wildman–Crippen MR) is 89.6 cm³/mol. The Bertz CT molecular complexity index is 746. The molecule has 2 aromatic rings. The fraction of sp³-hybridized carbons (Fsp3) is 0.412. The second-order valence-corrected chi connectivity index (χ2v) is 6.15. The van der Waals surface area contributed by atoms with E-state index in [1.54, 1.807) is 29.9 Å². The number of hydrogen-bond acceptors (Lipinski definition) is 4. The van der Waals surface area contributed by atoms with Crippen molar-refractivity contribution < 1.29 is 9.72 Å². The monoisotopic (exact) mass is 328 g/mol. The molecular weight excluding hydrogens is 308 g/mol. The molecule has 1 aliphatic rings. The summed E-state index contributed by atoms with van der Waals surface area (Å²) in [6.07, 6.45) is 5.61. The van der Waals surface area contributed by atoms with E-state index in [1.807, 2.05) is 0 Å². The van der Waals surface area contributed by atoms with Crippen LogP contribution in [-0.4, -0.2) is 26.7 Å². The van der Waals surface area contributed by atoms with Crippen molar-refractivity contribution in [2.45, 2.75) is 38.1 Å². The number of nitro groups is 1. The normalized spacial score (nSPS) is 15.2. The molecule has 3 rings (SSSR count). The first-order valence-electron chi connectivity index (χ1n) is 8.14. The van der Waals surface area contributed by atoms with Gasteiger partial charge in [-0.2, -0.15) is 5.10 Å². The van der Waals surface area contributed by atoms with Crippen LogP contribution in [0.25, 0.3) is 11.3 Å². The third-order valence-electron chi connectivity index (χ3n) is 4.43. The minimum atomic E-state index is -0.439. The van der Waals surface area contributed by atoms with Gasteiger partial charge in [0.05, 0.1) is 10.6 Å². The van der Waals surface area contributed by atoms with Crippen molar-refractivity contribution >= 4 is 11.6 Å². The van der Waals surface area contributed by atoms with Crippen LogP contribution < -0.4 is 5.32 Å². The predicted octanol–water partition coefficient (Wildman–Crippen LogP) is 3.06. The molecule has 0 spiro atoms. The Balaban J connectivity index is 1.76. The van der Waals surface area contributed by atoms with Gasteiger partial charge in [-0.05, 0) is 31.0 Å². The van der Waals surface area contributed by atoms with Crippen LogP contribution in [0.2, 0.25) is 0 Å². The number of nitro benzene ring substituents is 1. The molecule has 1 aromatic heterocycles. The van der Waals surface area contributed by atoms with Crippen LogP contribution in [0.4, 0.5) is 5.69 Å². The Morgan fingerprint density at radius 2 is 1.92 bits per heavy atom. The molecule has 1 saturated carbocycles. The van der Waals surface area contributed by atoms with E-state index in [0.717, 1.165) is 31.2 Å². The fourth-order valence-corrected chi connectivity index (χ4v) is 3.08. The lowest BCUT2D eigenvalue weighted by Crippen LogP contribution is -2.37. The standard InChI is InChI=1S/C17H20N4O3/c1-20-16(17(22)18-13-5-3-2-4-6-13)11-15(19-20)12-7-9-14(10-8-12)21(23)24/h7-11,13H,2-6H2,1H3,(H,18,22). The van der Waals surface area contributed by atoms with Crippen LogP contribution in [0.3, 0.4) is 0 Å². The molecule has 126 valence electrons. The number of nitrogens with zero attached hydrogens (tertiary/aromatic N) is 3. The largest absolute Gasteiger partial charge is 0.348 e. The van der Waals surface area contributed by atoms with Gasteiger partial charge in [-0.15, -0.1) is 0 Å². The zero-order valence-electron chi connectivity index (χ0n) is 13.6. The van der Waals surface area contributed by atoms with Gasteiger partial charge in [-0.25, -0.2) is 0 Å². The average molecular weight is 328 g/mol. The molecule has 0 saturated heterocycles. The molecule has 7 nitrogen and oxygen atoms in total. The van der Waals surface area contributed by atoms with Crippen LogP contribution in [0, 0.1) is 10.1 Å². The van der Waals surface area contributed by atoms with Gasteiger partial charge in [0.25, 0.3) is 11.6 Å². The highest BCUT2D eigenvalue weighted by atomic mass is 16.6. The highest BCUT2D eigenvalue weighted by molar-refractivity contribution is 5.93. The summed E-state index contributed by atoms with van der Waals surface area (Å²) in [5.41, 5.74) is 1.90. The summed E-state index contributed by atoms with van der Waals surface area (Å²) < 4.78 is 1.55. The number of rotatable bonds is 4. The van der Waals surface area contributed by atoms with Gasteiger partial charge in [0.2, 0.25) is 0 Å². The Morgan fingerprint density at radius 1 is 1.25 bits per heavy atom. The van der Waals surface area contributed by atoms with E-state index in [2.05, 4.69) is 10.4 Å². The molecule has 7 heteroatoms. The van der Waals surface area contributed by atoms with Crippen molar-refractivity contribution in [3.05, 3.63) is 46.1 Å². The molecule has 0 aliphatic heterocycles. The molecule has 1 heterocycles. The van der Waals surface area contributed by atoms with Gasteiger partial charge in [-0.3, -0.25) is 19.6 Å². The quantitative estimate of drug-likeness (QED) is 0.690. The van der Waals surface area contributed by atoms with Crippen molar-refractivity contribution in [1.29, 1.82) is 0 Å².